The first-order chi connectivity index (χ1) is 17.5. The Morgan fingerprint density at radius 2 is 1.58 bits per heavy atom. The number of oxime groups is 1. The van der Waals surface area contributed by atoms with E-state index >= 15 is 0 Å². The third-order valence-electron chi connectivity index (χ3n) is 6.01. The fourth-order valence-corrected chi connectivity index (χ4v) is 4.08. The van der Waals surface area contributed by atoms with Gasteiger partial charge in [-0.05, 0) is 59.7 Å². The summed E-state index contributed by atoms with van der Waals surface area (Å²) in [6.45, 7) is 0.706. The summed E-state index contributed by atoms with van der Waals surface area (Å²) in [7, 11) is 6.36. The SMILES string of the molecule is COc1ccc(C2=NOC(CN(Cc3cccc(OC)c3)C(=O)c3ccc(OC)cc3OC)C2)cc1. The number of carbonyl (C=O) groups is 1. The molecule has 0 saturated carbocycles. The van der Waals surface area contributed by atoms with E-state index in [1.54, 1.807) is 44.4 Å². The lowest BCUT2D eigenvalue weighted by molar-refractivity contribution is 0.0403. The Bertz CT molecular complexity index is 1220. The zero-order valence-electron chi connectivity index (χ0n) is 20.9. The van der Waals surface area contributed by atoms with E-state index in [0.29, 0.717) is 36.6 Å². The molecule has 0 aliphatic carbocycles. The number of hydrogen-bond acceptors (Lipinski definition) is 7. The smallest absolute Gasteiger partial charge is 0.258 e. The van der Waals surface area contributed by atoms with Gasteiger partial charge in [-0.3, -0.25) is 4.79 Å². The first-order valence-electron chi connectivity index (χ1n) is 11.6. The zero-order valence-corrected chi connectivity index (χ0v) is 20.9. The Kier molecular flexibility index (Phi) is 7.95. The number of rotatable bonds is 10. The lowest BCUT2D eigenvalue weighted by atomic mass is 10.0. The fourth-order valence-electron chi connectivity index (χ4n) is 4.08. The van der Waals surface area contributed by atoms with E-state index in [1.807, 2.05) is 48.5 Å². The topological polar surface area (TPSA) is 78.8 Å². The predicted molar refractivity (Wildman–Crippen MR) is 136 cm³/mol. The van der Waals surface area contributed by atoms with Gasteiger partial charge in [0.15, 0.2) is 6.10 Å². The van der Waals surface area contributed by atoms with Crippen LogP contribution in [0.25, 0.3) is 0 Å². The summed E-state index contributed by atoms with van der Waals surface area (Å²) in [5.74, 6) is 2.37. The van der Waals surface area contributed by atoms with Gasteiger partial charge in [-0.25, -0.2) is 0 Å². The second-order valence-electron chi connectivity index (χ2n) is 8.30. The average Bonchev–Trinajstić information content (AvgIpc) is 3.40. The molecule has 1 unspecified atom stereocenters. The monoisotopic (exact) mass is 490 g/mol. The van der Waals surface area contributed by atoms with Crippen LogP contribution in [0.4, 0.5) is 0 Å². The number of carbonyl (C=O) groups excluding carboxylic acids is 1. The van der Waals surface area contributed by atoms with Gasteiger partial charge in [0.25, 0.3) is 5.91 Å². The Morgan fingerprint density at radius 1 is 0.889 bits per heavy atom. The molecule has 1 aliphatic heterocycles. The van der Waals surface area contributed by atoms with Crippen LogP contribution in [-0.2, 0) is 11.4 Å². The van der Waals surface area contributed by atoms with Crippen LogP contribution in [0, 0.1) is 0 Å². The van der Waals surface area contributed by atoms with Crippen molar-refractivity contribution in [3.63, 3.8) is 0 Å². The van der Waals surface area contributed by atoms with Crippen molar-refractivity contribution >= 4 is 11.6 Å². The minimum atomic E-state index is -0.291. The molecule has 1 atom stereocenters. The molecule has 36 heavy (non-hydrogen) atoms. The Hall–Kier alpha value is -4.20. The van der Waals surface area contributed by atoms with Crippen LogP contribution in [0.5, 0.6) is 23.0 Å². The Labute approximate surface area is 211 Å². The van der Waals surface area contributed by atoms with Gasteiger partial charge >= 0.3 is 0 Å². The highest BCUT2D eigenvalue weighted by molar-refractivity contribution is 6.01. The number of hydrogen-bond donors (Lipinski definition) is 0. The molecule has 1 amide bonds. The molecule has 0 bridgehead atoms. The van der Waals surface area contributed by atoms with Crippen molar-refractivity contribution in [3.05, 3.63) is 83.4 Å². The van der Waals surface area contributed by atoms with Gasteiger partial charge in [-0.2, -0.15) is 0 Å². The summed E-state index contributed by atoms with van der Waals surface area (Å²) < 4.78 is 21.4. The van der Waals surface area contributed by atoms with Gasteiger partial charge in [0.1, 0.15) is 23.0 Å². The second kappa shape index (κ2) is 11.5. The van der Waals surface area contributed by atoms with Crippen molar-refractivity contribution in [2.75, 3.05) is 35.0 Å². The van der Waals surface area contributed by atoms with Gasteiger partial charge in [0.2, 0.25) is 0 Å². The van der Waals surface area contributed by atoms with Gasteiger partial charge in [-0.1, -0.05) is 17.3 Å². The molecule has 0 saturated heterocycles. The molecule has 0 aromatic heterocycles. The predicted octanol–water partition coefficient (Wildman–Crippen LogP) is 4.56. The minimum Gasteiger partial charge on any atom is -0.497 e. The maximum Gasteiger partial charge on any atom is 0.258 e. The van der Waals surface area contributed by atoms with Crippen LogP contribution in [-0.4, -0.2) is 57.6 Å². The van der Waals surface area contributed by atoms with Crippen LogP contribution < -0.4 is 18.9 Å². The van der Waals surface area contributed by atoms with E-state index in [4.69, 9.17) is 23.8 Å². The summed E-state index contributed by atoms with van der Waals surface area (Å²) in [6.07, 6.45) is 0.287. The van der Waals surface area contributed by atoms with E-state index in [1.165, 1.54) is 7.11 Å². The van der Waals surface area contributed by atoms with Gasteiger partial charge < -0.3 is 28.7 Å². The molecule has 3 aromatic rings. The molecule has 4 rings (SSSR count). The van der Waals surface area contributed by atoms with Gasteiger partial charge in [-0.15, -0.1) is 0 Å². The number of nitrogens with zero attached hydrogens (tertiary/aromatic N) is 2. The first-order valence-corrected chi connectivity index (χ1v) is 11.6. The van der Waals surface area contributed by atoms with Crippen LogP contribution >= 0.6 is 0 Å². The quantitative estimate of drug-likeness (QED) is 0.415. The van der Waals surface area contributed by atoms with E-state index in [0.717, 1.165) is 28.3 Å². The molecular formula is C28H30N2O6. The molecule has 3 aromatic carbocycles. The van der Waals surface area contributed by atoms with Crippen LogP contribution in [0.2, 0.25) is 0 Å². The highest BCUT2D eigenvalue weighted by Crippen LogP contribution is 2.28. The third kappa shape index (κ3) is 5.71. The number of methoxy groups -OCH3 is 4. The molecule has 188 valence electrons. The number of ether oxygens (including phenoxy) is 4. The maximum absolute atomic E-state index is 13.8. The molecule has 8 nitrogen and oxygen atoms in total. The van der Waals surface area contributed by atoms with Crippen molar-refractivity contribution in [2.45, 2.75) is 19.1 Å². The Balaban J connectivity index is 1.56. The molecule has 0 spiro atoms. The van der Waals surface area contributed by atoms with Gasteiger partial charge in [0, 0.05) is 19.0 Å². The lowest BCUT2D eigenvalue weighted by Crippen LogP contribution is -2.37. The van der Waals surface area contributed by atoms with Crippen LogP contribution in [0.15, 0.2) is 71.9 Å². The summed E-state index contributed by atoms with van der Waals surface area (Å²) in [5.41, 5.74) is 3.17. The zero-order chi connectivity index (χ0) is 25.5. The van der Waals surface area contributed by atoms with Crippen molar-refractivity contribution in [3.8, 4) is 23.0 Å². The van der Waals surface area contributed by atoms with E-state index < -0.39 is 0 Å². The third-order valence-corrected chi connectivity index (χ3v) is 6.01. The lowest BCUT2D eigenvalue weighted by Gasteiger charge is -2.26. The van der Waals surface area contributed by atoms with E-state index in [2.05, 4.69) is 5.16 Å². The minimum absolute atomic E-state index is 0.182. The highest BCUT2D eigenvalue weighted by atomic mass is 16.6. The Morgan fingerprint density at radius 3 is 2.28 bits per heavy atom. The molecule has 0 N–H and O–H groups in total. The fraction of sp³-hybridized carbons (Fsp3) is 0.286. The normalized spacial score (nSPS) is 14.4. The maximum atomic E-state index is 13.8. The van der Waals surface area contributed by atoms with E-state index in [-0.39, 0.29) is 12.0 Å². The average molecular weight is 491 g/mol. The van der Waals surface area contributed by atoms with Crippen molar-refractivity contribution in [2.24, 2.45) is 5.16 Å². The molecule has 0 radical (unpaired) electrons. The summed E-state index contributed by atoms with van der Waals surface area (Å²) in [6, 6.07) is 20.5. The molecule has 8 heteroatoms. The van der Waals surface area contributed by atoms with Gasteiger partial charge in [0.05, 0.1) is 46.3 Å². The van der Waals surface area contributed by atoms with E-state index in [9.17, 15) is 4.79 Å². The molecule has 1 heterocycles. The standard InChI is InChI=1S/C28H30N2O6/c1-32-21-10-8-20(9-11-21)26-15-24(36-29-26)18-30(17-19-6-5-7-22(14-19)33-2)28(31)25-13-12-23(34-3)16-27(25)35-4/h5-14,16,24H,15,17-18H2,1-4H3. The summed E-state index contributed by atoms with van der Waals surface area (Å²) >= 11 is 0. The number of benzene rings is 3. The van der Waals surface area contributed by atoms with Crippen molar-refractivity contribution in [1.82, 2.24) is 4.90 Å². The van der Waals surface area contributed by atoms with Crippen LogP contribution in [0.3, 0.4) is 0 Å². The summed E-state index contributed by atoms with van der Waals surface area (Å²) in [5, 5.41) is 4.30. The largest absolute Gasteiger partial charge is 0.497 e. The first kappa shape index (κ1) is 24.9. The summed E-state index contributed by atoms with van der Waals surface area (Å²) in [4.78, 5) is 21.3. The highest BCUT2D eigenvalue weighted by Gasteiger charge is 2.29. The van der Waals surface area contributed by atoms with Crippen molar-refractivity contribution < 1.29 is 28.6 Å². The molecule has 0 fully saturated rings. The molecular weight excluding hydrogens is 460 g/mol. The molecule has 1 aliphatic rings. The second-order valence-corrected chi connectivity index (χ2v) is 8.30. The number of amides is 1. The van der Waals surface area contributed by atoms with Crippen molar-refractivity contribution in [1.29, 1.82) is 0 Å². The van der Waals surface area contributed by atoms with Crippen LogP contribution in [0.1, 0.15) is 27.9 Å².